The highest BCUT2D eigenvalue weighted by Gasteiger charge is 2.52. The molecule has 4 fully saturated rings. The molecule has 0 radical (unpaired) electrons. The van der Waals surface area contributed by atoms with Crippen molar-refractivity contribution in [2.75, 3.05) is 7.11 Å². The van der Waals surface area contributed by atoms with Crippen LogP contribution in [-0.4, -0.2) is 18.2 Å². The van der Waals surface area contributed by atoms with Crippen LogP contribution in [0.25, 0.3) is 0 Å². The number of methoxy groups -OCH3 is 1. The predicted molar refractivity (Wildman–Crippen MR) is 112 cm³/mol. The number of carboxylic acid groups (broad SMARTS) is 1. The smallest absolute Gasteiger partial charge is 0.345 e. The largest absolute Gasteiger partial charge is 0.496 e. The summed E-state index contributed by atoms with van der Waals surface area (Å²) in [6.45, 7) is 2.18. The SMILES string of the molecule is COc1ccc(C(C)c2ccc(C(=O)O)s2)cc1C12CC3CC(CC(C3)C1)C2. The maximum absolute atomic E-state index is 11.3. The molecule has 4 bridgehead atoms. The summed E-state index contributed by atoms with van der Waals surface area (Å²) in [4.78, 5) is 12.8. The standard InChI is InChI=1S/C24H28O3S/c1-14(21-5-6-22(28-21)23(25)26)18-3-4-20(27-2)19(10-18)24-11-15-7-16(12-24)9-17(8-15)13-24/h3-6,10,14-17H,7-9,11-13H2,1-2H3,(H,25,26). The Morgan fingerprint density at radius 3 is 2.29 bits per heavy atom. The molecule has 148 valence electrons. The Hall–Kier alpha value is -1.81. The molecule has 1 atom stereocenters. The van der Waals surface area contributed by atoms with Crippen molar-refractivity contribution in [2.24, 2.45) is 17.8 Å². The van der Waals surface area contributed by atoms with E-state index in [9.17, 15) is 9.90 Å². The van der Waals surface area contributed by atoms with Gasteiger partial charge in [0, 0.05) is 16.4 Å². The van der Waals surface area contributed by atoms with Crippen molar-refractivity contribution >= 4 is 17.3 Å². The number of ether oxygens (including phenoxy) is 1. The molecule has 4 saturated carbocycles. The minimum atomic E-state index is -0.840. The van der Waals surface area contributed by atoms with E-state index in [2.05, 4.69) is 25.1 Å². The lowest BCUT2D eigenvalue weighted by molar-refractivity contribution is -0.00619. The normalized spacial score (nSPS) is 31.7. The fraction of sp³-hybridized carbons (Fsp3) is 0.542. The van der Waals surface area contributed by atoms with Crippen molar-refractivity contribution in [3.05, 3.63) is 51.2 Å². The van der Waals surface area contributed by atoms with Gasteiger partial charge in [0.2, 0.25) is 0 Å². The molecule has 4 heteroatoms. The number of hydrogen-bond donors (Lipinski definition) is 1. The fourth-order valence-corrected chi connectivity index (χ4v) is 7.64. The Morgan fingerprint density at radius 1 is 1.11 bits per heavy atom. The first-order valence-electron chi connectivity index (χ1n) is 10.5. The first-order chi connectivity index (χ1) is 13.5. The second kappa shape index (κ2) is 6.62. The molecule has 1 aromatic carbocycles. The summed E-state index contributed by atoms with van der Waals surface area (Å²) in [5.41, 5.74) is 2.97. The van der Waals surface area contributed by atoms with Crippen molar-refractivity contribution in [3.8, 4) is 5.75 Å². The van der Waals surface area contributed by atoms with E-state index in [1.165, 1.54) is 61.0 Å². The zero-order valence-corrected chi connectivity index (χ0v) is 17.4. The number of thiophene rings is 1. The number of carbonyl (C=O) groups is 1. The Morgan fingerprint density at radius 2 is 1.75 bits per heavy atom. The number of rotatable bonds is 5. The van der Waals surface area contributed by atoms with E-state index >= 15 is 0 Å². The highest BCUT2D eigenvalue weighted by Crippen LogP contribution is 2.62. The van der Waals surface area contributed by atoms with Gasteiger partial charge in [0.05, 0.1) is 7.11 Å². The van der Waals surface area contributed by atoms with Crippen LogP contribution in [0.3, 0.4) is 0 Å². The fourth-order valence-electron chi connectivity index (χ4n) is 6.71. The van der Waals surface area contributed by atoms with Crippen LogP contribution in [0.15, 0.2) is 30.3 Å². The van der Waals surface area contributed by atoms with Crippen LogP contribution in [0.4, 0.5) is 0 Å². The highest BCUT2D eigenvalue weighted by atomic mass is 32.1. The van der Waals surface area contributed by atoms with Crippen LogP contribution in [0.2, 0.25) is 0 Å². The van der Waals surface area contributed by atoms with E-state index in [0.29, 0.717) is 4.88 Å². The summed E-state index contributed by atoms with van der Waals surface area (Å²) in [7, 11) is 1.79. The number of carboxylic acids is 1. The molecule has 1 aromatic heterocycles. The summed E-state index contributed by atoms with van der Waals surface area (Å²) in [5.74, 6) is 3.08. The van der Waals surface area contributed by atoms with Crippen molar-refractivity contribution in [3.63, 3.8) is 0 Å². The average Bonchev–Trinajstić information content (AvgIpc) is 3.16. The highest BCUT2D eigenvalue weighted by molar-refractivity contribution is 7.14. The van der Waals surface area contributed by atoms with Gasteiger partial charge in [-0.1, -0.05) is 19.1 Å². The Bertz CT molecular complexity index is 877. The monoisotopic (exact) mass is 396 g/mol. The van der Waals surface area contributed by atoms with E-state index in [4.69, 9.17) is 4.74 Å². The molecule has 1 N–H and O–H groups in total. The number of hydrogen-bond acceptors (Lipinski definition) is 3. The van der Waals surface area contributed by atoms with E-state index in [1.807, 2.05) is 6.07 Å². The van der Waals surface area contributed by atoms with Crippen molar-refractivity contribution in [2.45, 2.75) is 56.8 Å². The van der Waals surface area contributed by atoms with Crippen molar-refractivity contribution in [1.82, 2.24) is 0 Å². The average molecular weight is 397 g/mol. The van der Waals surface area contributed by atoms with Crippen molar-refractivity contribution in [1.29, 1.82) is 0 Å². The number of aromatic carboxylic acids is 1. The van der Waals surface area contributed by atoms with Gasteiger partial charge < -0.3 is 9.84 Å². The summed E-state index contributed by atoms with van der Waals surface area (Å²) in [6, 6.07) is 10.4. The van der Waals surface area contributed by atoms with Gasteiger partial charge in [0.25, 0.3) is 0 Å². The van der Waals surface area contributed by atoms with Crippen molar-refractivity contribution < 1.29 is 14.6 Å². The first-order valence-corrected chi connectivity index (χ1v) is 11.3. The quantitative estimate of drug-likeness (QED) is 0.667. The van der Waals surface area contributed by atoms with Crippen LogP contribution >= 0.6 is 11.3 Å². The van der Waals surface area contributed by atoms with Crippen LogP contribution in [0.1, 0.15) is 77.0 Å². The molecule has 4 aliphatic rings. The maximum Gasteiger partial charge on any atom is 0.345 e. The topological polar surface area (TPSA) is 46.5 Å². The van der Waals surface area contributed by atoms with Crippen LogP contribution in [0.5, 0.6) is 5.75 Å². The summed E-state index contributed by atoms with van der Waals surface area (Å²) in [5, 5.41) is 9.25. The third-order valence-corrected chi connectivity index (χ3v) is 8.85. The summed E-state index contributed by atoms with van der Waals surface area (Å²) >= 11 is 1.39. The van der Waals surface area contributed by atoms with Gasteiger partial charge in [-0.3, -0.25) is 0 Å². The molecular formula is C24H28O3S. The molecule has 1 unspecified atom stereocenters. The minimum absolute atomic E-state index is 0.191. The zero-order valence-electron chi connectivity index (χ0n) is 16.6. The molecule has 0 spiro atoms. The van der Waals surface area contributed by atoms with Gasteiger partial charge in [0.15, 0.2) is 0 Å². The van der Waals surface area contributed by atoms with E-state index in [1.54, 1.807) is 13.2 Å². The predicted octanol–water partition coefficient (Wildman–Crippen LogP) is 6.07. The van der Waals surface area contributed by atoms with E-state index in [0.717, 1.165) is 28.4 Å². The molecule has 4 aliphatic carbocycles. The van der Waals surface area contributed by atoms with Gasteiger partial charge in [-0.25, -0.2) is 4.79 Å². The Balaban J connectivity index is 1.53. The first kappa shape index (κ1) is 18.2. The van der Waals surface area contributed by atoms with Gasteiger partial charge in [0.1, 0.15) is 10.6 Å². The third kappa shape index (κ3) is 2.88. The number of benzene rings is 1. The molecule has 2 aromatic rings. The van der Waals surface area contributed by atoms with Crippen LogP contribution in [0, 0.1) is 17.8 Å². The van der Waals surface area contributed by atoms with Gasteiger partial charge in [-0.15, -0.1) is 11.3 Å². The van der Waals surface area contributed by atoms with E-state index in [-0.39, 0.29) is 11.3 Å². The lowest BCUT2D eigenvalue weighted by Gasteiger charge is -2.57. The molecule has 1 heterocycles. The summed E-state index contributed by atoms with van der Waals surface area (Å²) in [6.07, 6.45) is 8.25. The molecule has 0 amide bonds. The maximum atomic E-state index is 11.3. The molecule has 3 nitrogen and oxygen atoms in total. The molecule has 0 saturated heterocycles. The lowest BCUT2D eigenvalue weighted by Crippen LogP contribution is -2.48. The second-order valence-corrected chi connectivity index (χ2v) is 10.5. The van der Waals surface area contributed by atoms with Crippen LogP contribution < -0.4 is 4.74 Å². The zero-order chi connectivity index (χ0) is 19.5. The Labute approximate surface area is 170 Å². The van der Waals surface area contributed by atoms with Gasteiger partial charge in [-0.2, -0.15) is 0 Å². The summed E-state index contributed by atoms with van der Waals surface area (Å²) < 4.78 is 5.84. The van der Waals surface area contributed by atoms with Gasteiger partial charge in [-0.05, 0) is 85.5 Å². The lowest BCUT2D eigenvalue weighted by atomic mass is 9.48. The van der Waals surface area contributed by atoms with Gasteiger partial charge >= 0.3 is 5.97 Å². The van der Waals surface area contributed by atoms with Crippen LogP contribution in [-0.2, 0) is 5.41 Å². The molecule has 28 heavy (non-hydrogen) atoms. The minimum Gasteiger partial charge on any atom is -0.496 e. The van der Waals surface area contributed by atoms with E-state index < -0.39 is 5.97 Å². The molecular weight excluding hydrogens is 368 g/mol. The Kier molecular flexibility index (Phi) is 4.31. The molecule has 0 aliphatic heterocycles. The third-order valence-electron chi connectivity index (χ3n) is 7.60. The second-order valence-electron chi connectivity index (χ2n) is 9.39. The molecule has 6 rings (SSSR count).